The van der Waals surface area contributed by atoms with Crippen LogP contribution in [0.2, 0.25) is 0 Å². The van der Waals surface area contributed by atoms with Gasteiger partial charge >= 0.3 is 0 Å². The summed E-state index contributed by atoms with van der Waals surface area (Å²) in [6.45, 7) is 3.40. The molecule has 0 radical (unpaired) electrons. The van der Waals surface area contributed by atoms with Crippen molar-refractivity contribution in [1.82, 2.24) is 5.32 Å². The Bertz CT molecular complexity index is 1390. The highest BCUT2D eigenvalue weighted by atomic mass is 16.5. The smallest absolute Gasteiger partial charge is 0.224 e. The molecule has 1 fully saturated rings. The average Bonchev–Trinajstić information content (AvgIpc) is 3.04. The second-order valence-corrected chi connectivity index (χ2v) is 11.1. The van der Waals surface area contributed by atoms with Crippen LogP contribution >= 0.6 is 0 Å². The van der Waals surface area contributed by atoms with Gasteiger partial charge in [0.15, 0.2) is 0 Å². The standard InChI is InChI=1S/C35H41N3O5/c1-40-19-4-8-33(27-10-9-26-13-16-35(39)38-31(26)22-27)43-34-24-37-18-17-30(34)25-11-14-29(15-12-25)41-20-5-21-42-32-7-3-2-6-28(32)23-36/h2-3,6-7,9-12,14-15,22,30,33-34,37H,4-5,8,13,16-21,24H2,1H3,(H,38,39). The third kappa shape index (κ3) is 8.35. The predicted molar refractivity (Wildman–Crippen MR) is 166 cm³/mol. The van der Waals surface area contributed by atoms with Crippen LogP contribution in [-0.2, 0) is 20.7 Å². The number of methoxy groups -OCH3 is 1. The normalized spacial score (nSPS) is 18.7. The third-order valence-electron chi connectivity index (χ3n) is 8.11. The zero-order chi connectivity index (χ0) is 29.9. The fourth-order valence-electron chi connectivity index (χ4n) is 5.81. The van der Waals surface area contributed by atoms with Gasteiger partial charge in [0.2, 0.25) is 5.91 Å². The Morgan fingerprint density at radius 1 is 0.977 bits per heavy atom. The van der Waals surface area contributed by atoms with Gasteiger partial charge in [-0.05, 0) is 79.3 Å². The van der Waals surface area contributed by atoms with Gasteiger partial charge < -0.3 is 29.6 Å². The molecule has 0 aliphatic carbocycles. The summed E-state index contributed by atoms with van der Waals surface area (Å²) in [5, 5.41) is 15.8. The second-order valence-electron chi connectivity index (χ2n) is 11.1. The van der Waals surface area contributed by atoms with Crippen LogP contribution in [0.3, 0.4) is 0 Å². The van der Waals surface area contributed by atoms with E-state index in [-0.39, 0.29) is 24.0 Å². The lowest BCUT2D eigenvalue weighted by Crippen LogP contribution is -2.41. The topological polar surface area (TPSA) is 102 Å². The van der Waals surface area contributed by atoms with Gasteiger partial charge in [-0.25, -0.2) is 0 Å². The second kappa shape index (κ2) is 15.5. The van der Waals surface area contributed by atoms with E-state index in [2.05, 4.69) is 47.0 Å². The summed E-state index contributed by atoms with van der Waals surface area (Å²) >= 11 is 0. The first-order valence-corrected chi connectivity index (χ1v) is 15.3. The molecule has 3 atom stereocenters. The van der Waals surface area contributed by atoms with Gasteiger partial charge in [0.05, 0.1) is 31.0 Å². The Labute approximate surface area is 254 Å². The first kappa shape index (κ1) is 30.6. The average molecular weight is 584 g/mol. The van der Waals surface area contributed by atoms with Crippen LogP contribution in [-0.4, -0.2) is 52.0 Å². The van der Waals surface area contributed by atoms with Gasteiger partial charge in [-0.2, -0.15) is 5.26 Å². The first-order chi connectivity index (χ1) is 21.1. The van der Waals surface area contributed by atoms with Crippen molar-refractivity contribution in [3.05, 3.63) is 89.0 Å². The van der Waals surface area contributed by atoms with Gasteiger partial charge in [0.1, 0.15) is 17.6 Å². The lowest BCUT2D eigenvalue weighted by atomic mass is 9.87. The number of para-hydroxylation sites is 1. The largest absolute Gasteiger partial charge is 0.493 e. The van der Waals surface area contributed by atoms with Crippen molar-refractivity contribution < 1.29 is 23.7 Å². The molecule has 3 unspecified atom stereocenters. The van der Waals surface area contributed by atoms with Gasteiger partial charge in [-0.1, -0.05) is 36.4 Å². The Morgan fingerprint density at radius 3 is 2.65 bits per heavy atom. The summed E-state index contributed by atoms with van der Waals surface area (Å²) < 4.78 is 24.0. The number of anilines is 1. The highest BCUT2D eigenvalue weighted by Gasteiger charge is 2.30. The van der Waals surface area contributed by atoms with E-state index in [0.29, 0.717) is 44.0 Å². The van der Waals surface area contributed by atoms with Crippen LogP contribution in [0.4, 0.5) is 5.69 Å². The van der Waals surface area contributed by atoms with Crippen molar-refractivity contribution in [1.29, 1.82) is 5.26 Å². The Hall–Kier alpha value is -3.90. The minimum atomic E-state index is -0.100. The Morgan fingerprint density at radius 2 is 1.81 bits per heavy atom. The number of ether oxygens (including phenoxy) is 4. The molecular formula is C35H41N3O5. The fraction of sp³-hybridized carbons (Fsp3) is 0.429. The third-order valence-corrected chi connectivity index (χ3v) is 8.11. The summed E-state index contributed by atoms with van der Waals surface area (Å²) in [4.78, 5) is 12.0. The van der Waals surface area contributed by atoms with Crippen LogP contribution in [0.1, 0.15) is 66.4 Å². The zero-order valence-corrected chi connectivity index (χ0v) is 24.8. The van der Waals surface area contributed by atoms with Crippen molar-refractivity contribution >= 4 is 11.6 Å². The number of piperidine rings is 1. The predicted octanol–water partition coefficient (Wildman–Crippen LogP) is 5.92. The van der Waals surface area contributed by atoms with E-state index >= 15 is 0 Å². The molecule has 0 saturated carbocycles. The quantitative estimate of drug-likeness (QED) is 0.227. The number of nitrogens with one attached hydrogen (secondary N) is 2. The van der Waals surface area contributed by atoms with E-state index in [0.717, 1.165) is 55.8 Å². The lowest BCUT2D eigenvalue weighted by Gasteiger charge is -2.35. The number of amides is 1. The van der Waals surface area contributed by atoms with E-state index in [1.165, 1.54) is 11.1 Å². The van der Waals surface area contributed by atoms with E-state index in [1.807, 2.05) is 30.3 Å². The molecule has 1 saturated heterocycles. The number of nitrogens with zero attached hydrogens (tertiary/aromatic N) is 1. The fourth-order valence-corrected chi connectivity index (χ4v) is 5.81. The Kier molecular flexibility index (Phi) is 11.0. The van der Waals surface area contributed by atoms with Crippen LogP contribution in [0.25, 0.3) is 0 Å². The molecule has 2 heterocycles. The molecule has 0 bridgehead atoms. The maximum Gasteiger partial charge on any atom is 0.224 e. The van der Waals surface area contributed by atoms with E-state index in [9.17, 15) is 10.1 Å². The number of carbonyl (C=O) groups excluding carboxylic acids is 1. The first-order valence-electron chi connectivity index (χ1n) is 15.3. The monoisotopic (exact) mass is 583 g/mol. The minimum Gasteiger partial charge on any atom is -0.493 e. The number of aryl methyl sites for hydroxylation is 1. The number of carbonyl (C=O) groups is 1. The highest BCUT2D eigenvalue weighted by molar-refractivity contribution is 5.94. The summed E-state index contributed by atoms with van der Waals surface area (Å²) in [5.41, 5.74) is 4.95. The maximum absolute atomic E-state index is 12.0. The van der Waals surface area contributed by atoms with Crippen molar-refractivity contribution in [3.63, 3.8) is 0 Å². The number of benzene rings is 3. The zero-order valence-electron chi connectivity index (χ0n) is 24.8. The Balaban J connectivity index is 1.19. The molecule has 8 heteroatoms. The van der Waals surface area contributed by atoms with E-state index < -0.39 is 0 Å². The molecule has 5 rings (SSSR count). The summed E-state index contributed by atoms with van der Waals surface area (Å²) in [6, 6.07) is 24.1. The molecule has 2 aliphatic rings. The molecule has 0 aromatic heterocycles. The number of fused-ring (bicyclic) bond motifs is 1. The number of hydrogen-bond donors (Lipinski definition) is 2. The molecular weight excluding hydrogens is 542 g/mol. The number of rotatable bonds is 14. The highest BCUT2D eigenvalue weighted by Crippen LogP contribution is 2.36. The molecule has 2 N–H and O–H groups in total. The van der Waals surface area contributed by atoms with Crippen molar-refractivity contribution in [3.8, 4) is 17.6 Å². The van der Waals surface area contributed by atoms with Crippen molar-refractivity contribution in [2.24, 2.45) is 0 Å². The van der Waals surface area contributed by atoms with Gasteiger partial charge in [-0.15, -0.1) is 0 Å². The molecule has 3 aromatic carbocycles. The summed E-state index contributed by atoms with van der Waals surface area (Å²) in [6.07, 6.45) is 4.63. The summed E-state index contributed by atoms with van der Waals surface area (Å²) in [7, 11) is 1.72. The SMILES string of the molecule is COCCCC(OC1CNCCC1c1ccc(OCCCOc2ccccc2C#N)cc1)c1ccc2c(c1)NC(=O)CC2. The van der Waals surface area contributed by atoms with Crippen molar-refractivity contribution in [2.75, 3.05) is 45.3 Å². The molecule has 3 aromatic rings. The molecule has 0 spiro atoms. The number of nitriles is 1. The minimum absolute atomic E-state index is 0.00660. The van der Waals surface area contributed by atoms with Crippen LogP contribution < -0.4 is 20.1 Å². The molecule has 1 amide bonds. The number of hydrogen-bond acceptors (Lipinski definition) is 7. The molecule has 43 heavy (non-hydrogen) atoms. The van der Waals surface area contributed by atoms with Crippen LogP contribution in [0, 0.1) is 11.3 Å². The van der Waals surface area contributed by atoms with Crippen molar-refractivity contribution in [2.45, 2.75) is 56.7 Å². The van der Waals surface area contributed by atoms with E-state index in [1.54, 1.807) is 13.2 Å². The van der Waals surface area contributed by atoms with Gasteiger partial charge in [-0.3, -0.25) is 4.79 Å². The molecule has 8 nitrogen and oxygen atoms in total. The van der Waals surface area contributed by atoms with Crippen LogP contribution in [0.5, 0.6) is 11.5 Å². The molecule has 2 aliphatic heterocycles. The van der Waals surface area contributed by atoms with Crippen LogP contribution in [0.15, 0.2) is 66.7 Å². The molecule has 226 valence electrons. The van der Waals surface area contributed by atoms with Gasteiger partial charge in [0.25, 0.3) is 0 Å². The van der Waals surface area contributed by atoms with Gasteiger partial charge in [0, 0.05) is 44.7 Å². The lowest BCUT2D eigenvalue weighted by molar-refractivity contribution is -0.116. The van der Waals surface area contributed by atoms with E-state index in [4.69, 9.17) is 18.9 Å². The maximum atomic E-state index is 12.0. The summed E-state index contributed by atoms with van der Waals surface area (Å²) in [5.74, 6) is 1.75.